The van der Waals surface area contributed by atoms with E-state index in [4.69, 9.17) is 27.1 Å². The van der Waals surface area contributed by atoms with E-state index in [1.54, 1.807) is 13.2 Å². The molecule has 3 aromatic rings. The number of halogens is 1. The van der Waals surface area contributed by atoms with Gasteiger partial charge in [-0.2, -0.15) is 0 Å². The molecule has 4 nitrogen and oxygen atoms in total. The first-order valence-electron chi connectivity index (χ1n) is 6.73. The summed E-state index contributed by atoms with van der Waals surface area (Å²) in [5, 5.41) is 0.622. The topological polar surface area (TPSA) is 53.1 Å². The second kappa shape index (κ2) is 5.30. The van der Waals surface area contributed by atoms with Gasteiger partial charge in [-0.3, -0.25) is 0 Å². The molecule has 0 radical (unpaired) electrons. The van der Waals surface area contributed by atoms with Crippen molar-refractivity contribution in [1.29, 1.82) is 0 Å². The number of anilines is 1. The SMILES string of the molecule is CCn1c(-c2ccc(Cl)cc2N)nc2cc(OC)ccc21. The minimum absolute atomic E-state index is 0.622. The molecule has 5 heteroatoms. The Morgan fingerprint density at radius 1 is 1.24 bits per heavy atom. The number of ether oxygens (including phenoxy) is 1. The fraction of sp³-hybridized carbons (Fsp3) is 0.188. The van der Waals surface area contributed by atoms with Crippen LogP contribution in [0.3, 0.4) is 0 Å². The van der Waals surface area contributed by atoms with Crippen LogP contribution in [-0.2, 0) is 6.54 Å². The number of nitrogen functional groups attached to an aromatic ring is 1. The summed E-state index contributed by atoms with van der Waals surface area (Å²) < 4.78 is 7.39. The minimum Gasteiger partial charge on any atom is -0.497 e. The summed E-state index contributed by atoms with van der Waals surface area (Å²) in [5.74, 6) is 1.63. The van der Waals surface area contributed by atoms with Crippen LogP contribution in [0.4, 0.5) is 5.69 Å². The Balaban J connectivity index is 2.26. The number of imidazole rings is 1. The van der Waals surface area contributed by atoms with E-state index in [0.29, 0.717) is 10.7 Å². The zero-order valence-electron chi connectivity index (χ0n) is 11.9. The molecule has 2 aromatic carbocycles. The molecule has 1 aromatic heterocycles. The van der Waals surface area contributed by atoms with Crippen molar-refractivity contribution in [1.82, 2.24) is 9.55 Å². The number of benzene rings is 2. The van der Waals surface area contributed by atoms with Crippen LogP contribution in [0, 0.1) is 0 Å². The molecule has 0 aliphatic heterocycles. The lowest BCUT2D eigenvalue weighted by molar-refractivity contribution is 0.415. The molecule has 0 amide bonds. The number of hydrogen-bond donors (Lipinski definition) is 1. The number of aromatic nitrogens is 2. The van der Waals surface area contributed by atoms with Gasteiger partial charge in [0.05, 0.1) is 18.1 Å². The third kappa shape index (κ3) is 2.32. The Bertz CT molecular complexity index is 811. The molecule has 0 saturated carbocycles. The van der Waals surface area contributed by atoms with Crippen molar-refractivity contribution >= 4 is 28.3 Å². The molecule has 2 N–H and O–H groups in total. The van der Waals surface area contributed by atoms with Crippen molar-refractivity contribution in [3.8, 4) is 17.1 Å². The van der Waals surface area contributed by atoms with Gasteiger partial charge in [0.2, 0.25) is 0 Å². The van der Waals surface area contributed by atoms with E-state index in [9.17, 15) is 0 Å². The Kier molecular flexibility index (Phi) is 3.47. The highest BCUT2D eigenvalue weighted by Gasteiger charge is 2.14. The predicted molar refractivity (Wildman–Crippen MR) is 86.8 cm³/mol. The summed E-state index contributed by atoms with van der Waals surface area (Å²) in [6.45, 7) is 2.89. The van der Waals surface area contributed by atoms with Crippen molar-refractivity contribution in [2.24, 2.45) is 0 Å². The molecular weight excluding hydrogens is 286 g/mol. The molecule has 3 rings (SSSR count). The number of nitrogens with zero attached hydrogens (tertiary/aromatic N) is 2. The Labute approximate surface area is 128 Å². The third-order valence-corrected chi connectivity index (χ3v) is 3.76. The Morgan fingerprint density at radius 3 is 2.71 bits per heavy atom. The monoisotopic (exact) mass is 301 g/mol. The zero-order chi connectivity index (χ0) is 15.0. The highest BCUT2D eigenvalue weighted by Crippen LogP contribution is 2.31. The first-order chi connectivity index (χ1) is 10.1. The molecule has 0 aliphatic carbocycles. The second-order valence-electron chi connectivity index (χ2n) is 4.77. The molecule has 0 unspecified atom stereocenters. The molecule has 0 fully saturated rings. The van der Waals surface area contributed by atoms with E-state index < -0.39 is 0 Å². The lowest BCUT2D eigenvalue weighted by Crippen LogP contribution is -2.00. The smallest absolute Gasteiger partial charge is 0.143 e. The van der Waals surface area contributed by atoms with Crippen LogP contribution in [-0.4, -0.2) is 16.7 Å². The lowest BCUT2D eigenvalue weighted by Gasteiger charge is -2.08. The summed E-state index contributed by atoms with van der Waals surface area (Å²) in [6, 6.07) is 11.4. The van der Waals surface area contributed by atoms with E-state index in [1.165, 1.54) is 0 Å². The zero-order valence-corrected chi connectivity index (χ0v) is 12.7. The molecule has 21 heavy (non-hydrogen) atoms. The summed E-state index contributed by atoms with van der Waals surface area (Å²) in [6.07, 6.45) is 0. The van der Waals surface area contributed by atoms with Gasteiger partial charge in [-0.05, 0) is 37.3 Å². The number of fused-ring (bicyclic) bond motifs is 1. The van der Waals surface area contributed by atoms with Crippen LogP contribution in [0.2, 0.25) is 5.02 Å². The number of hydrogen-bond acceptors (Lipinski definition) is 3. The number of methoxy groups -OCH3 is 1. The van der Waals surface area contributed by atoms with Crippen molar-refractivity contribution < 1.29 is 4.74 Å². The first-order valence-corrected chi connectivity index (χ1v) is 7.11. The quantitative estimate of drug-likeness (QED) is 0.745. The van der Waals surface area contributed by atoms with Crippen molar-refractivity contribution in [3.05, 3.63) is 41.4 Å². The van der Waals surface area contributed by atoms with Gasteiger partial charge in [-0.15, -0.1) is 0 Å². The van der Waals surface area contributed by atoms with Crippen LogP contribution < -0.4 is 10.5 Å². The molecular formula is C16H16ClN3O. The van der Waals surface area contributed by atoms with Crippen LogP contribution >= 0.6 is 11.6 Å². The average molecular weight is 302 g/mol. The summed E-state index contributed by atoms with van der Waals surface area (Å²) in [5.41, 5.74) is 9.55. The second-order valence-corrected chi connectivity index (χ2v) is 5.20. The van der Waals surface area contributed by atoms with E-state index in [-0.39, 0.29) is 0 Å². The third-order valence-electron chi connectivity index (χ3n) is 3.53. The summed E-state index contributed by atoms with van der Waals surface area (Å²) >= 11 is 5.97. The van der Waals surface area contributed by atoms with E-state index in [1.807, 2.05) is 30.3 Å². The maximum absolute atomic E-state index is 6.09. The number of rotatable bonds is 3. The van der Waals surface area contributed by atoms with Crippen molar-refractivity contribution in [2.75, 3.05) is 12.8 Å². The van der Waals surface area contributed by atoms with Gasteiger partial charge >= 0.3 is 0 Å². The van der Waals surface area contributed by atoms with Gasteiger partial charge in [-0.1, -0.05) is 11.6 Å². The average Bonchev–Trinajstić information content (AvgIpc) is 2.84. The highest BCUT2D eigenvalue weighted by atomic mass is 35.5. The molecule has 0 atom stereocenters. The van der Waals surface area contributed by atoms with E-state index in [2.05, 4.69) is 11.5 Å². The minimum atomic E-state index is 0.622. The standard InChI is InChI=1S/C16H16ClN3O/c1-3-20-15-7-5-11(21-2)9-14(15)19-16(20)12-6-4-10(17)8-13(12)18/h4-9H,3,18H2,1-2H3. The highest BCUT2D eigenvalue weighted by molar-refractivity contribution is 6.31. The Hall–Kier alpha value is -2.20. The van der Waals surface area contributed by atoms with Gasteiger partial charge in [0.25, 0.3) is 0 Å². The fourth-order valence-corrected chi connectivity index (χ4v) is 2.68. The van der Waals surface area contributed by atoms with Gasteiger partial charge in [0.15, 0.2) is 0 Å². The summed E-state index contributed by atoms with van der Waals surface area (Å²) in [4.78, 5) is 4.71. The molecule has 0 aliphatic rings. The summed E-state index contributed by atoms with van der Waals surface area (Å²) in [7, 11) is 1.65. The lowest BCUT2D eigenvalue weighted by atomic mass is 10.1. The van der Waals surface area contributed by atoms with Crippen LogP contribution in [0.25, 0.3) is 22.4 Å². The van der Waals surface area contributed by atoms with Crippen LogP contribution in [0.1, 0.15) is 6.92 Å². The predicted octanol–water partition coefficient (Wildman–Crippen LogP) is 3.97. The van der Waals surface area contributed by atoms with Gasteiger partial charge in [-0.25, -0.2) is 4.98 Å². The van der Waals surface area contributed by atoms with E-state index >= 15 is 0 Å². The normalized spacial score (nSPS) is 11.0. The largest absolute Gasteiger partial charge is 0.497 e. The van der Waals surface area contributed by atoms with Gasteiger partial charge < -0.3 is 15.0 Å². The van der Waals surface area contributed by atoms with E-state index in [0.717, 1.165) is 34.7 Å². The van der Waals surface area contributed by atoms with Crippen molar-refractivity contribution in [3.63, 3.8) is 0 Å². The maximum atomic E-state index is 6.09. The van der Waals surface area contributed by atoms with Gasteiger partial charge in [0.1, 0.15) is 11.6 Å². The first kappa shape index (κ1) is 13.8. The molecule has 0 bridgehead atoms. The van der Waals surface area contributed by atoms with Crippen LogP contribution in [0.15, 0.2) is 36.4 Å². The molecule has 0 saturated heterocycles. The van der Waals surface area contributed by atoms with Crippen molar-refractivity contribution in [2.45, 2.75) is 13.5 Å². The number of nitrogens with two attached hydrogens (primary N) is 1. The molecule has 0 spiro atoms. The molecule has 108 valence electrons. The van der Waals surface area contributed by atoms with Gasteiger partial charge in [0, 0.05) is 28.9 Å². The Morgan fingerprint density at radius 2 is 2.05 bits per heavy atom. The fourth-order valence-electron chi connectivity index (χ4n) is 2.50. The van der Waals surface area contributed by atoms with Crippen LogP contribution in [0.5, 0.6) is 5.75 Å². The number of aryl methyl sites for hydroxylation is 1. The maximum Gasteiger partial charge on any atom is 0.143 e. The molecule has 1 heterocycles.